The first-order chi connectivity index (χ1) is 9.40. The molecule has 0 aliphatic heterocycles. The van der Waals surface area contributed by atoms with Crippen molar-refractivity contribution in [3.63, 3.8) is 0 Å². The van der Waals surface area contributed by atoms with Crippen LogP contribution in [0.15, 0.2) is 18.2 Å². The Bertz CT molecular complexity index is 477. The Morgan fingerprint density at radius 2 is 2.05 bits per heavy atom. The molecular formula is C16H22O4. The van der Waals surface area contributed by atoms with Gasteiger partial charge in [0, 0.05) is 6.42 Å². The first-order valence-electron chi connectivity index (χ1n) is 6.80. The van der Waals surface area contributed by atoms with E-state index < -0.39 is 5.60 Å². The van der Waals surface area contributed by atoms with Gasteiger partial charge in [-0.25, -0.2) is 4.79 Å². The van der Waals surface area contributed by atoms with E-state index in [9.17, 15) is 9.59 Å². The summed E-state index contributed by atoms with van der Waals surface area (Å²) in [6.45, 7) is 7.38. The van der Waals surface area contributed by atoms with Gasteiger partial charge in [0.1, 0.15) is 12.0 Å². The van der Waals surface area contributed by atoms with Crippen LogP contribution in [-0.2, 0) is 20.7 Å². The maximum Gasteiger partial charge on any atom is 0.349 e. The first-order valence-corrected chi connectivity index (χ1v) is 6.80. The molecule has 0 heterocycles. The van der Waals surface area contributed by atoms with E-state index in [0.29, 0.717) is 25.2 Å². The molecule has 0 N–H and O–H groups in total. The number of carbonyl (C=O) groups is 2. The van der Waals surface area contributed by atoms with Crippen LogP contribution in [0.3, 0.4) is 0 Å². The van der Waals surface area contributed by atoms with Crippen LogP contribution in [0.5, 0.6) is 5.75 Å². The van der Waals surface area contributed by atoms with Crippen molar-refractivity contribution in [1.29, 1.82) is 0 Å². The van der Waals surface area contributed by atoms with E-state index in [1.165, 1.54) is 0 Å². The van der Waals surface area contributed by atoms with Crippen LogP contribution in [0.2, 0.25) is 0 Å². The minimum atomic E-state index is -1.02. The summed E-state index contributed by atoms with van der Waals surface area (Å²) in [7, 11) is 0. The zero-order valence-corrected chi connectivity index (χ0v) is 12.6. The minimum absolute atomic E-state index is 0.329. The van der Waals surface area contributed by atoms with Gasteiger partial charge in [0.05, 0.1) is 6.61 Å². The number of carbonyl (C=O) groups excluding carboxylic acids is 2. The Labute approximate surface area is 120 Å². The Balaban J connectivity index is 2.82. The summed E-state index contributed by atoms with van der Waals surface area (Å²) in [5.41, 5.74) is 0.993. The van der Waals surface area contributed by atoms with Gasteiger partial charge in [-0.1, -0.05) is 12.1 Å². The number of esters is 1. The van der Waals surface area contributed by atoms with Crippen LogP contribution in [0, 0.1) is 6.92 Å². The van der Waals surface area contributed by atoms with Crippen molar-refractivity contribution in [2.75, 3.05) is 6.61 Å². The van der Waals surface area contributed by atoms with Crippen molar-refractivity contribution in [3.05, 3.63) is 29.3 Å². The lowest BCUT2D eigenvalue weighted by molar-refractivity contribution is -0.158. The zero-order valence-electron chi connectivity index (χ0n) is 12.6. The normalized spacial score (nSPS) is 11.0. The summed E-state index contributed by atoms with van der Waals surface area (Å²) in [4.78, 5) is 22.2. The molecule has 0 radical (unpaired) electrons. The number of hydrogen-bond acceptors (Lipinski definition) is 4. The van der Waals surface area contributed by atoms with Crippen molar-refractivity contribution in [2.24, 2.45) is 0 Å². The number of aldehydes is 1. The molecule has 20 heavy (non-hydrogen) atoms. The standard InChI is InChI=1S/C16H22O4/c1-5-19-15(18)16(3,4)20-14-9-8-13(7-6-10-17)11-12(14)2/h8-11H,5-7H2,1-4H3. The monoisotopic (exact) mass is 278 g/mol. The third kappa shape index (κ3) is 4.37. The van der Waals surface area contributed by atoms with Crippen LogP contribution in [0.4, 0.5) is 0 Å². The third-order valence-electron chi connectivity index (χ3n) is 2.92. The fraction of sp³-hybridized carbons (Fsp3) is 0.500. The van der Waals surface area contributed by atoms with Gasteiger partial charge in [-0.3, -0.25) is 0 Å². The summed E-state index contributed by atoms with van der Waals surface area (Å²) in [6.07, 6.45) is 2.13. The lowest BCUT2D eigenvalue weighted by Gasteiger charge is -2.25. The highest BCUT2D eigenvalue weighted by Gasteiger charge is 2.31. The molecule has 4 heteroatoms. The molecule has 0 aliphatic rings. The van der Waals surface area contributed by atoms with Gasteiger partial charge in [-0.15, -0.1) is 0 Å². The van der Waals surface area contributed by atoms with E-state index in [1.807, 2.05) is 25.1 Å². The van der Waals surface area contributed by atoms with E-state index in [1.54, 1.807) is 20.8 Å². The van der Waals surface area contributed by atoms with E-state index >= 15 is 0 Å². The van der Waals surface area contributed by atoms with E-state index in [4.69, 9.17) is 9.47 Å². The molecular weight excluding hydrogens is 256 g/mol. The summed E-state index contributed by atoms with van der Waals surface area (Å²) in [5.74, 6) is 0.266. The van der Waals surface area contributed by atoms with Gasteiger partial charge in [0.25, 0.3) is 0 Å². The van der Waals surface area contributed by atoms with Crippen LogP contribution in [-0.4, -0.2) is 24.5 Å². The van der Waals surface area contributed by atoms with Crippen LogP contribution < -0.4 is 4.74 Å². The fourth-order valence-electron chi connectivity index (χ4n) is 1.83. The maximum absolute atomic E-state index is 11.8. The lowest BCUT2D eigenvalue weighted by Crippen LogP contribution is -2.39. The number of aryl methyl sites for hydroxylation is 2. The Morgan fingerprint density at radius 3 is 2.60 bits per heavy atom. The largest absolute Gasteiger partial charge is 0.476 e. The molecule has 0 bridgehead atoms. The summed E-state index contributed by atoms with van der Waals surface area (Å²) < 4.78 is 10.8. The molecule has 1 rings (SSSR count). The van der Waals surface area contributed by atoms with Crippen LogP contribution >= 0.6 is 0 Å². The highest BCUT2D eigenvalue weighted by Crippen LogP contribution is 2.25. The second-order valence-electron chi connectivity index (χ2n) is 5.14. The van der Waals surface area contributed by atoms with Gasteiger partial charge < -0.3 is 14.3 Å². The molecule has 0 fully saturated rings. The summed E-state index contributed by atoms with van der Waals surface area (Å²) in [5, 5.41) is 0. The smallest absolute Gasteiger partial charge is 0.349 e. The molecule has 1 aromatic rings. The van der Waals surface area contributed by atoms with Crippen molar-refractivity contribution >= 4 is 12.3 Å². The third-order valence-corrected chi connectivity index (χ3v) is 2.92. The van der Waals surface area contributed by atoms with Crippen molar-refractivity contribution < 1.29 is 19.1 Å². The molecule has 0 saturated heterocycles. The first kappa shape index (κ1) is 16.2. The number of hydrogen-bond donors (Lipinski definition) is 0. The van der Waals surface area contributed by atoms with Crippen molar-refractivity contribution in [3.8, 4) is 5.75 Å². The fourth-order valence-corrected chi connectivity index (χ4v) is 1.83. The second-order valence-corrected chi connectivity index (χ2v) is 5.14. The molecule has 0 spiro atoms. The number of benzene rings is 1. The Hall–Kier alpha value is -1.84. The minimum Gasteiger partial charge on any atom is -0.476 e. The van der Waals surface area contributed by atoms with Gasteiger partial charge in [-0.05, 0) is 51.3 Å². The number of ether oxygens (including phenoxy) is 2. The van der Waals surface area contributed by atoms with Gasteiger partial charge in [0.15, 0.2) is 5.60 Å². The molecule has 4 nitrogen and oxygen atoms in total. The Kier molecular flexibility index (Phi) is 5.74. The Morgan fingerprint density at radius 1 is 1.35 bits per heavy atom. The molecule has 0 unspecified atom stereocenters. The van der Waals surface area contributed by atoms with E-state index in [-0.39, 0.29) is 5.97 Å². The van der Waals surface area contributed by atoms with Gasteiger partial charge in [0.2, 0.25) is 0 Å². The van der Waals surface area contributed by atoms with Crippen LogP contribution in [0.1, 0.15) is 38.3 Å². The summed E-state index contributed by atoms with van der Waals surface area (Å²) >= 11 is 0. The summed E-state index contributed by atoms with van der Waals surface area (Å²) in [6, 6.07) is 5.71. The number of rotatable bonds is 7. The molecule has 110 valence electrons. The van der Waals surface area contributed by atoms with E-state index in [2.05, 4.69) is 0 Å². The van der Waals surface area contributed by atoms with Crippen molar-refractivity contribution in [1.82, 2.24) is 0 Å². The predicted octanol–water partition coefficient (Wildman–Crippen LogP) is 2.85. The van der Waals surface area contributed by atoms with Gasteiger partial charge >= 0.3 is 5.97 Å². The predicted molar refractivity (Wildman–Crippen MR) is 76.9 cm³/mol. The topological polar surface area (TPSA) is 52.6 Å². The molecule has 1 aromatic carbocycles. The second kappa shape index (κ2) is 7.08. The zero-order chi connectivity index (χ0) is 15.2. The highest BCUT2D eigenvalue weighted by atomic mass is 16.6. The average molecular weight is 278 g/mol. The SMILES string of the molecule is CCOC(=O)C(C)(C)Oc1ccc(CCC=O)cc1C. The maximum atomic E-state index is 11.8. The highest BCUT2D eigenvalue weighted by molar-refractivity contribution is 5.79. The molecule has 0 atom stereocenters. The van der Waals surface area contributed by atoms with Crippen LogP contribution in [0.25, 0.3) is 0 Å². The van der Waals surface area contributed by atoms with Crippen molar-refractivity contribution in [2.45, 2.75) is 46.1 Å². The average Bonchev–Trinajstić information content (AvgIpc) is 2.39. The lowest BCUT2D eigenvalue weighted by atomic mass is 10.1. The molecule has 0 aliphatic carbocycles. The quantitative estimate of drug-likeness (QED) is 0.568. The molecule has 0 saturated carbocycles. The molecule has 0 amide bonds. The van der Waals surface area contributed by atoms with E-state index in [0.717, 1.165) is 17.4 Å². The molecule has 0 aromatic heterocycles. The van der Waals surface area contributed by atoms with Gasteiger partial charge in [-0.2, -0.15) is 0 Å².